The number of methoxy groups -OCH3 is 1. The number of ether oxygens (including phenoxy) is 4. The summed E-state index contributed by atoms with van der Waals surface area (Å²) in [6.07, 6.45) is 5.33. The lowest BCUT2D eigenvalue weighted by Crippen LogP contribution is -2.04. The summed E-state index contributed by atoms with van der Waals surface area (Å²) in [7, 11) is 1.69. The summed E-state index contributed by atoms with van der Waals surface area (Å²) >= 11 is 0. The van der Waals surface area contributed by atoms with Gasteiger partial charge in [-0.1, -0.05) is 30.3 Å². The smallest absolute Gasteiger partial charge is 0.330 e. The number of unbranched alkanes of at least 4 members (excludes halogenated alkanes) is 2. The average Bonchev–Trinajstić information content (AvgIpc) is 3.01. The minimum Gasteiger partial charge on any atom is -0.494 e. The van der Waals surface area contributed by atoms with Crippen molar-refractivity contribution in [3.8, 4) is 35.2 Å². The van der Waals surface area contributed by atoms with Crippen molar-refractivity contribution >= 4 is 12.3 Å². The number of rotatable bonds is 14. The van der Waals surface area contributed by atoms with Gasteiger partial charge < -0.3 is 18.9 Å². The first-order valence-corrected chi connectivity index (χ1v) is 13.5. The van der Waals surface area contributed by atoms with Crippen LogP contribution in [-0.4, -0.2) is 45.8 Å². The minimum atomic E-state index is -0.414. The molecule has 0 N–H and O–H groups in total. The Morgan fingerprint density at radius 2 is 1.22 bits per heavy atom. The molecule has 0 spiro atoms. The lowest BCUT2D eigenvalue weighted by Gasteiger charge is -2.06. The third kappa shape index (κ3) is 11.5. The van der Waals surface area contributed by atoms with E-state index in [9.17, 15) is 9.59 Å². The number of benzene rings is 3. The number of carbonyl (C=O) groups excluding carboxylic acids is 2. The van der Waals surface area contributed by atoms with Gasteiger partial charge in [0, 0.05) is 47.6 Å². The SMILES string of the molecule is C=CC(=O)OCCCCOc1ccc(C#Cc2ccc(C#Cc3ccc(OCCCCOC)cc3)c(C=O)c2)cc1. The predicted octanol–water partition coefficient (Wildman–Crippen LogP) is 5.99. The molecule has 0 radical (unpaired) electrons. The van der Waals surface area contributed by atoms with Crippen LogP contribution in [0.4, 0.5) is 0 Å². The Bertz CT molecular complexity index is 1400. The molecule has 0 aliphatic rings. The van der Waals surface area contributed by atoms with Crippen molar-refractivity contribution in [2.45, 2.75) is 25.7 Å². The van der Waals surface area contributed by atoms with Gasteiger partial charge in [-0.05, 0) is 92.4 Å². The van der Waals surface area contributed by atoms with Gasteiger partial charge in [0.25, 0.3) is 0 Å². The molecule has 0 amide bonds. The van der Waals surface area contributed by atoms with E-state index >= 15 is 0 Å². The molecule has 0 unspecified atom stereocenters. The van der Waals surface area contributed by atoms with Crippen molar-refractivity contribution in [1.82, 2.24) is 0 Å². The van der Waals surface area contributed by atoms with Crippen molar-refractivity contribution in [3.63, 3.8) is 0 Å². The monoisotopic (exact) mass is 550 g/mol. The van der Waals surface area contributed by atoms with Gasteiger partial charge in [-0.25, -0.2) is 4.79 Å². The van der Waals surface area contributed by atoms with Gasteiger partial charge >= 0.3 is 5.97 Å². The molecule has 6 heteroatoms. The van der Waals surface area contributed by atoms with E-state index in [0.29, 0.717) is 30.9 Å². The zero-order chi connectivity index (χ0) is 29.1. The highest BCUT2D eigenvalue weighted by Crippen LogP contribution is 2.15. The zero-order valence-corrected chi connectivity index (χ0v) is 23.3. The molecule has 0 bridgehead atoms. The van der Waals surface area contributed by atoms with Crippen LogP contribution in [0.2, 0.25) is 0 Å². The number of carbonyl (C=O) groups is 2. The normalized spacial score (nSPS) is 9.88. The average molecular weight is 551 g/mol. The number of hydrogen-bond donors (Lipinski definition) is 0. The number of aldehydes is 1. The molecular weight excluding hydrogens is 516 g/mol. The van der Waals surface area contributed by atoms with E-state index in [-0.39, 0.29) is 0 Å². The zero-order valence-electron chi connectivity index (χ0n) is 23.3. The Kier molecular flexibility index (Phi) is 13.3. The lowest BCUT2D eigenvalue weighted by molar-refractivity contribution is -0.137. The van der Waals surface area contributed by atoms with Crippen LogP contribution >= 0.6 is 0 Å². The molecule has 41 heavy (non-hydrogen) atoms. The standard InChI is InChI=1S/C35H34O6/c1-3-35(37)41-25-7-6-24-40-33-18-12-28(13-19-33)8-9-30-11-17-31(32(26-30)27-36)16-10-29-14-20-34(21-15-29)39-23-5-4-22-38-2/h3,11-15,17-21,26-27H,1,4-7,22-25H2,2H3. The highest BCUT2D eigenvalue weighted by Gasteiger charge is 2.01. The maximum Gasteiger partial charge on any atom is 0.330 e. The van der Waals surface area contributed by atoms with Gasteiger partial charge in [0.15, 0.2) is 6.29 Å². The Morgan fingerprint density at radius 1 is 0.707 bits per heavy atom. The van der Waals surface area contributed by atoms with Gasteiger partial charge in [-0.15, -0.1) is 0 Å². The first-order valence-electron chi connectivity index (χ1n) is 13.5. The van der Waals surface area contributed by atoms with Crippen molar-refractivity contribution in [1.29, 1.82) is 0 Å². The molecule has 3 aromatic carbocycles. The van der Waals surface area contributed by atoms with E-state index in [2.05, 4.69) is 30.3 Å². The molecule has 0 heterocycles. The van der Waals surface area contributed by atoms with Gasteiger partial charge in [0.2, 0.25) is 0 Å². The summed E-state index contributed by atoms with van der Waals surface area (Å²) in [6.45, 7) is 5.61. The summed E-state index contributed by atoms with van der Waals surface area (Å²) < 4.78 is 21.4. The van der Waals surface area contributed by atoms with Crippen molar-refractivity contribution in [3.05, 3.63) is 107 Å². The van der Waals surface area contributed by atoms with E-state index in [1.807, 2.05) is 60.7 Å². The fraction of sp³-hybridized carbons (Fsp3) is 0.257. The van der Waals surface area contributed by atoms with Crippen LogP contribution in [0.1, 0.15) is 58.3 Å². The summed E-state index contributed by atoms with van der Waals surface area (Å²) in [5.41, 5.74) is 3.52. The Balaban J connectivity index is 1.51. The van der Waals surface area contributed by atoms with E-state index in [1.165, 1.54) is 0 Å². The van der Waals surface area contributed by atoms with E-state index in [1.54, 1.807) is 13.2 Å². The Hall–Kier alpha value is -4.78. The highest BCUT2D eigenvalue weighted by molar-refractivity contribution is 5.81. The molecule has 0 saturated carbocycles. The summed E-state index contributed by atoms with van der Waals surface area (Å²) in [4.78, 5) is 22.7. The fourth-order valence-electron chi connectivity index (χ4n) is 3.57. The minimum absolute atomic E-state index is 0.350. The number of esters is 1. The van der Waals surface area contributed by atoms with Crippen LogP contribution in [0.3, 0.4) is 0 Å². The van der Waals surface area contributed by atoms with Crippen molar-refractivity contribution in [2.24, 2.45) is 0 Å². The van der Waals surface area contributed by atoms with Crippen LogP contribution in [0.25, 0.3) is 0 Å². The lowest BCUT2D eigenvalue weighted by atomic mass is 10.0. The van der Waals surface area contributed by atoms with E-state index in [4.69, 9.17) is 18.9 Å². The highest BCUT2D eigenvalue weighted by atomic mass is 16.5. The second-order valence-electron chi connectivity index (χ2n) is 8.94. The molecular formula is C35H34O6. The fourth-order valence-corrected chi connectivity index (χ4v) is 3.57. The molecule has 0 aliphatic heterocycles. The first-order chi connectivity index (χ1) is 20.1. The molecule has 0 atom stereocenters. The van der Waals surface area contributed by atoms with Crippen molar-refractivity contribution < 1.29 is 28.5 Å². The van der Waals surface area contributed by atoms with Gasteiger partial charge in [-0.2, -0.15) is 0 Å². The topological polar surface area (TPSA) is 71.1 Å². The first kappa shape index (κ1) is 30.8. The van der Waals surface area contributed by atoms with Crippen LogP contribution in [-0.2, 0) is 14.3 Å². The van der Waals surface area contributed by atoms with Gasteiger partial charge in [0.1, 0.15) is 11.5 Å². The molecule has 3 aromatic rings. The molecule has 6 nitrogen and oxygen atoms in total. The second kappa shape index (κ2) is 17.7. The molecule has 3 rings (SSSR count). The predicted molar refractivity (Wildman–Crippen MR) is 159 cm³/mol. The summed E-state index contributed by atoms with van der Waals surface area (Å²) in [5.74, 6) is 13.5. The second-order valence-corrected chi connectivity index (χ2v) is 8.94. The third-order valence-corrected chi connectivity index (χ3v) is 5.81. The number of hydrogen-bond acceptors (Lipinski definition) is 6. The molecule has 0 fully saturated rings. The Labute approximate surface area is 242 Å². The van der Waals surface area contributed by atoms with Crippen LogP contribution in [0, 0.1) is 23.7 Å². The quantitative estimate of drug-likeness (QED) is 0.0807. The largest absolute Gasteiger partial charge is 0.494 e. The molecule has 0 saturated heterocycles. The molecule has 0 aliphatic carbocycles. The van der Waals surface area contributed by atoms with Crippen molar-refractivity contribution in [2.75, 3.05) is 33.5 Å². The summed E-state index contributed by atoms with van der Waals surface area (Å²) in [5, 5.41) is 0. The van der Waals surface area contributed by atoms with Crippen LogP contribution in [0.5, 0.6) is 11.5 Å². The van der Waals surface area contributed by atoms with Gasteiger partial charge in [0.05, 0.1) is 19.8 Å². The third-order valence-electron chi connectivity index (χ3n) is 5.81. The van der Waals surface area contributed by atoms with E-state index < -0.39 is 5.97 Å². The van der Waals surface area contributed by atoms with E-state index in [0.717, 1.165) is 72.8 Å². The maximum atomic E-state index is 11.7. The maximum absolute atomic E-state index is 11.7. The van der Waals surface area contributed by atoms with Crippen LogP contribution in [0.15, 0.2) is 79.4 Å². The van der Waals surface area contributed by atoms with Crippen LogP contribution < -0.4 is 9.47 Å². The molecule has 0 aromatic heterocycles. The van der Waals surface area contributed by atoms with Gasteiger partial charge in [-0.3, -0.25) is 4.79 Å². The molecule has 210 valence electrons. The summed E-state index contributed by atoms with van der Waals surface area (Å²) in [6, 6.07) is 20.5. The Morgan fingerprint density at radius 3 is 1.78 bits per heavy atom.